The molecule has 2 N–H and O–H groups in total. The van der Waals surface area contributed by atoms with Gasteiger partial charge in [-0.25, -0.2) is 18.0 Å². The van der Waals surface area contributed by atoms with Gasteiger partial charge in [0.25, 0.3) is 5.56 Å². The zero-order chi connectivity index (χ0) is 17.5. The molecule has 0 spiro atoms. The highest BCUT2D eigenvalue weighted by molar-refractivity contribution is 7.91. The molecule has 3 rings (SSSR count). The second-order valence-corrected chi connectivity index (χ2v) is 7.77. The second-order valence-electron chi connectivity index (χ2n) is 6.04. The van der Waals surface area contributed by atoms with Crippen LogP contribution in [0.4, 0.5) is 0 Å². The first-order valence-electron chi connectivity index (χ1n) is 7.65. The largest absolute Gasteiger partial charge is 0.374 e. The Labute approximate surface area is 138 Å². The first-order chi connectivity index (χ1) is 11.3. The molecular formula is C15H19N3O5S. The fourth-order valence-electron chi connectivity index (χ4n) is 2.97. The van der Waals surface area contributed by atoms with Gasteiger partial charge in [0.2, 0.25) is 10.0 Å². The number of nitrogens with one attached hydrogen (secondary N) is 2. The molecule has 0 amide bonds. The Balaban J connectivity index is 2.20. The summed E-state index contributed by atoms with van der Waals surface area (Å²) in [7, 11) is -3.76. The van der Waals surface area contributed by atoms with Crippen molar-refractivity contribution in [2.45, 2.75) is 32.3 Å². The molecule has 2 heterocycles. The summed E-state index contributed by atoms with van der Waals surface area (Å²) in [5.41, 5.74) is 0.624. The molecular weight excluding hydrogens is 334 g/mol. The van der Waals surface area contributed by atoms with Gasteiger partial charge in [0.05, 0.1) is 23.3 Å². The van der Waals surface area contributed by atoms with E-state index in [1.807, 2.05) is 11.8 Å². The summed E-state index contributed by atoms with van der Waals surface area (Å²) < 4.78 is 29.0. The Hall–Kier alpha value is -2.13. The van der Waals surface area contributed by atoms with Crippen molar-refractivity contribution in [3.8, 4) is 0 Å². The number of H-pyrrole nitrogens is 1. The first-order valence-corrected chi connectivity index (χ1v) is 9.54. The van der Waals surface area contributed by atoms with Crippen molar-refractivity contribution in [1.29, 1.82) is 0 Å². The molecule has 1 unspecified atom stereocenters. The fraction of sp³-hybridized carbons (Fsp3) is 0.467. The lowest BCUT2D eigenvalue weighted by Crippen LogP contribution is -2.43. The lowest BCUT2D eigenvalue weighted by Gasteiger charge is -2.24. The lowest BCUT2D eigenvalue weighted by atomic mass is 9.96. The van der Waals surface area contributed by atoms with Crippen molar-refractivity contribution in [1.82, 2.24) is 9.66 Å². The molecule has 8 nitrogen and oxygen atoms in total. The van der Waals surface area contributed by atoms with Crippen LogP contribution in [0.25, 0.3) is 10.9 Å². The van der Waals surface area contributed by atoms with Crippen molar-refractivity contribution in [3.05, 3.63) is 44.1 Å². The maximum atomic E-state index is 12.5. The molecule has 0 saturated carbocycles. The molecule has 1 aliphatic rings. The number of rotatable bonds is 3. The second kappa shape index (κ2) is 6.06. The van der Waals surface area contributed by atoms with Crippen LogP contribution in [0.5, 0.6) is 0 Å². The van der Waals surface area contributed by atoms with E-state index in [4.69, 9.17) is 4.74 Å². The maximum Gasteiger partial charge on any atom is 0.348 e. The van der Waals surface area contributed by atoms with E-state index in [2.05, 4.69) is 4.98 Å². The number of benzene rings is 1. The van der Waals surface area contributed by atoms with Gasteiger partial charge >= 0.3 is 5.69 Å². The van der Waals surface area contributed by atoms with Crippen LogP contribution >= 0.6 is 0 Å². The van der Waals surface area contributed by atoms with Crippen molar-refractivity contribution >= 4 is 20.9 Å². The average Bonchev–Trinajstić information content (AvgIpc) is 2.51. The zero-order valence-electron chi connectivity index (χ0n) is 13.5. The first kappa shape index (κ1) is 16.7. The highest BCUT2D eigenvalue weighted by Gasteiger charge is 2.20. The van der Waals surface area contributed by atoms with E-state index in [1.54, 1.807) is 12.1 Å². The van der Waals surface area contributed by atoms with Gasteiger partial charge in [-0.2, -0.15) is 4.68 Å². The predicted molar refractivity (Wildman–Crippen MR) is 90.3 cm³/mol. The molecule has 1 aromatic carbocycles. The van der Waals surface area contributed by atoms with Crippen LogP contribution in [0.15, 0.2) is 21.7 Å². The molecule has 0 aliphatic carbocycles. The monoisotopic (exact) mass is 353 g/mol. The quantitative estimate of drug-likeness (QED) is 0.846. The van der Waals surface area contributed by atoms with Gasteiger partial charge < -0.3 is 9.72 Å². The smallest absolute Gasteiger partial charge is 0.348 e. The van der Waals surface area contributed by atoms with E-state index < -0.39 is 21.3 Å². The number of fused-ring (bicyclic) bond motifs is 1. The molecule has 1 atom stereocenters. The highest BCUT2D eigenvalue weighted by Crippen LogP contribution is 2.31. The third kappa shape index (κ3) is 3.22. The Morgan fingerprint density at radius 1 is 1.29 bits per heavy atom. The number of hydrogen-bond acceptors (Lipinski definition) is 5. The molecule has 1 aromatic heterocycles. The van der Waals surface area contributed by atoms with Crippen molar-refractivity contribution < 1.29 is 13.2 Å². The minimum atomic E-state index is -3.76. The third-order valence-corrected chi connectivity index (χ3v) is 4.58. The maximum absolute atomic E-state index is 12.5. The normalized spacial score (nSPS) is 18.7. The Kier molecular flexibility index (Phi) is 4.22. The minimum Gasteiger partial charge on any atom is -0.374 e. The van der Waals surface area contributed by atoms with Gasteiger partial charge in [0.1, 0.15) is 0 Å². The van der Waals surface area contributed by atoms with E-state index in [1.165, 1.54) is 0 Å². The van der Waals surface area contributed by atoms with E-state index in [-0.39, 0.29) is 11.5 Å². The molecule has 2 aromatic rings. The number of hydrogen-bond donors (Lipinski definition) is 2. The average molecular weight is 353 g/mol. The SMILES string of the molecule is Cc1cc2[nH]c(=O)n(NS(C)(=O)=O)c(=O)c2cc1C1CCCCO1. The summed E-state index contributed by atoms with van der Waals surface area (Å²) in [6.45, 7) is 2.57. The van der Waals surface area contributed by atoms with Crippen LogP contribution in [-0.2, 0) is 14.8 Å². The van der Waals surface area contributed by atoms with E-state index in [0.29, 0.717) is 16.8 Å². The number of aryl methyl sites for hydroxylation is 1. The number of aromatic nitrogens is 2. The molecule has 1 saturated heterocycles. The standard InChI is InChI=1S/C15H19N3O5S/c1-9-7-12-11(8-10(9)13-5-3-4-6-23-13)14(19)18(15(20)16-12)17-24(2,21)22/h7-8,13,17H,3-6H2,1-2H3,(H,16,20). The lowest BCUT2D eigenvalue weighted by molar-refractivity contribution is 0.0146. The minimum absolute atomic E-state index is 0.0919. The highest BCUT2D eigenvalue weighted by atomic mass is 32.2. The summed E-state index contributed by atoms with van der Waals surface area (Å²) in [4.78, 5) is 29.0. The van der Waals surface area contributed by atoms with Gasteiger partial charge in [-0.05, 0) is 49.4 Å². The molecule has 9 heteroatoms. The van der Waals surface area contributed by atoms with Gasteiger partial charge in [-0.15, -0.1) is 0 Å². The Bertz CT molecular complexity index is 1000. The number of aromatic amines is 1. The van der Waals surface area contributed by atoms with Crippen molar-refractivity contribution in [2.24, 2.45) is 0 Å². The van der Waals surface area contributed by atoms with Crippen molar-refractivity contribution in [3.63, 3.8) is 0 Å². The summed E-state index contributed by atoms with van der Waals surface area (Å²) in [5.74, 6) is 0. The molecule has 0 bridgehead atoms. The molecule has 130 valence electrons. The number of sulfonamides is 1. The summed E-state index contributed by atoms with van der Waals surface area (Å²) in [5, 5.41) is 0.237. The molecule has 1 fully saturated rings. The van der Waals surface area contributed by atoms with E-state index >= 15 is 0 Å². The summed E-state index contributed by atoms with van der Waals surface area (Å²) in [6, 6.07) is 3.40. The van der Waals surface area contributed by atoms with Gasteiger partial charge in [0.15, 0.2) is 0 Å². The van der Waals surface area contributed by atoms with Gasteiger partial charge in [0, 0.05) is 6.61 Å². The summed E-state index contributed by atoms with van der Waals surface area (Å²) in [6.07, 6.45) is 3.71. The van der Waals surface area contributed by atoms with Crippen LogP contribution in [0, 0.1) is 6.92 Å². The third-order valence-electron chi connectivity index (χ3n) is 4.07. The van der Waals surface area contributed by atoms with E-state index in [9.17, 15) is 18.0 Å². The Morgan fingerprint density at radius 3 is 2.67 bits per heavy atom. The van der Waals surface area contributed by atoms with Gasteiger partial charge in [-0.1, -0.05) is 0 Å². The number of nitrogens with zero attached hydrogens (tertiary/aromatic N) is 1. The van der Waals surface area contributed by atoms with Crippen LogP contribution in [0.3, 0.4) is 0 Å². The summed E-state index contributed by atoms with van der Waals surface area (Å²) >= 11 is 0. The number of ether oxygens (including phenoxy) is 1. The van der Waals surface area contributed by atoms with Crippen LogP contribution in [-0.4, -0.2) is 30.9 Å². The van der Waals surface area contributed by atoms with Crippen LogP contribution in [0.2, 0.25) is 0 Å². The fourth-order valence-corrected chi connectivity index (χ4v) is 3.47. The zero-order valence-corrected chi connectivity index (χ0v) is 14.3. The van der Waals surface area contributed by atoms with Crippen LogP contribution < -0.4 is 16.1 Å². The predicted octanol–water partition coefficient (Wildman–Crippen LogP) is 0.743. The molecule has 0 radical (unpaired) electrons. The van der Waals surface area contributed by atoms with Crippen molar-refractivity contribution in [2.75, 3.05) is 17.7 Å². The molecule has 1 aliphatic heterocycles. The van der Waals surface area contributed by atoms with Gasteiger partial charge in [-0.3, -0.25) is 4.79 Å². The van der Waals surface area contributed by atoms with E-state index in [0.717, 1.165) is 36.6 Å². The molecule has 24 heavy (non-hydrogen) atoms. The topological polar surface area (TPSA) is 110 Å². The Morgan fingerprint density at radius 2 is 2.04 bits per heavy atom. The van der Waals surface area contributed by atoms with Crippen LogP contribution in [0.1, 0.15) is 36.5 Å².